The number of benzene rings is 2. The third-order valence-electron chi connectivity index (χ3n) is 6.90. The van der Waals surface area contributed by atoms with Crippen molar-refractivity contribution in [3.63, 3.8) is 0 Å². The van der Waals surface area contributed by atoms with Crippen molar-refractivity contribution in [2.45, 2.75) is 38.5 Å². The Labute approximate surface area is 197 Å². The first-order chi connectivity index (χ1) is 16.7. The normalized spacial score (nSPS) is 14.6. The van der Waals surface area contributed by atoms with E-state index in [1.54, 1.807) is 6.20 Å². The van der Waals surface area contributed by atoms with E-state index in [4.69, 9.17) is 0 Å². The molecule has 1 aliphatic carbocycles. The molecule has 6 nitrogen and oxygen atoms in total. The van der Waals surface area contributed by atoms with Crippen molar-refractivity contribution in [2.75, 3.05) is 5.32 Å². The van der Waals surface area contributed by atoms with Gasteiger partial charge in [-0.25, -0.2) is 0 Å². The standard InChI is InChI=1S/C28H27N5O/c34-27(12-18-6-2-1-3-7-18)30-22-13-21(16-29-17-22)19-10-11-25-23(14-19)28(33-32-25)26-15-20-8-4-5-9-24(20)31-26/h4-5,8-11,13-18,31H,1-3,6-7,12H2,(H,30,34)(H,32,33). The van der Waals surface area contributed by atoms with Crippen LogP contribution in [0.4, 0.5) is 5.69 Å². The van der Waals surface area contributed by atoms with Crippen molar-refractivity contribution in [2.24, 2.45) is 5.92 Å². The van der Waals surface area contributed by atoms with Gasteiger partial charge in [-0.1, -0.05) is 43.5 Å². The van der Waals surface area contributed by atoms with E-state index < -0.39 is 0 Å². The number of H-pyrrole nitrogens is 2. The summed E-state index contributed by atoms with van der Waals surface area (Å²) < 4.78 is 0. The number of para-hydroxylation sites is 1. The second kappa shape index (κ2) is 8.78. The number of amides is 1. The summed E-state index contributed by atoms with van der Waals surface area (Å²) in [7, 11) is 0. The Hall–Kier alpha value is -3.93. The topological polar surface area (TPSA) is 86.5 Å². The van der Waals surface area contributed by atoms with Gasteiger partial charge in [0.1, 0.15) is 5.69 Å². The van der Waals surface area contributed by atoms with E-state index >= 15 is 0 Å². The largest absolute Gasteiger partial charge is 0.353 e. The van der Waals surface area contributed by atoms with Gasteiger partial charge in [-0.15, -0.1) is 0 Å². The van der Waals surface area contributed by atoms with E-state index in [0.29, 0.717) is 12.3 Å². The molecular formula is C28H27N5O. The zero-order chi connectivity index (χ0) is 22.9. The highest BCUT2D eigenvalue weighted by Gasteiger charge is 2.17. The molecule has 3 N–H and O–H groups in total. The lowest BCUT2D eigenvalue weighted by molar-refractivity contribution is -0.117. The third-order valence-corrected chi connectivity index (χ3v) is 6.90. The minimum absolute atomic E-state index is 0.0808. The Morgan fingerprint density at radius 1 is 0.941 bits per heavy atom. The van der Waals surface area contributed by atoms with Crippen LogP contribution in [0.25, 0.3) is 44.3 Å². The van der Waals surface area contributed by atoms with Crippen LogP contribution in [0.15, 0.2) is 67.0 Å². The summed E-state index contributed by atoms with van der Waals surface area (Å²) in [5, 5.41) is 13.0. The van der Waals surface area contributed by atoms with Gasteiger partial charge in [0.25, 0.3) is 0 Å². The van der Waals surface area contributed by atoms with E-state index in [-0.39, 0.29) is 5.91 Å². The SMILES string of the molecule is O=C(CC1CCCCC1)Nc1cncc(-c2ccc3[nH]nc(-c4cc5ccccc5[nH]4)c3c2)c1. The van der Waals surface area contributed by atoms with Gasteiger partial charge in [0.05, 0.1) is 23.1 Å². The Balaban J connectivity index is 1.27. The van der Waals surface area contributed by atoms with E-state index in [1.165, 1.54) is 19.3 Å². The number of rotatable bonds is 5. The van der Waals surface area contributed by atoms with Crippen LogP contribution in [0.2, 0.25) is 0 Å². The number of nitrogens with one attached hydrogen (secondary N) is 3. The van der Waals surface area contributed by atoms with Crippen LogP contribution in [-0.2, 0) is 4.79 Å². The molecule has 0 bridgehead atoms. The van der Waals surface area contributed by atoms with Crippen molar-refractivity contribution < 1.29 is 4.79 Å². The van der Waals surface area contributed by atoms with Gasteiger partial charge in [-0.2, -0.15) is 5.10 Å². The Morgan fingerprint density at radius 2 is 1.82 bits per heavy atom. The van der Waals surface area contributed by atoms with Crippen molar-refractivity contribution >= 4 is 33.4 Å². The maximum atomic E-state index is 12.6. The Bertz CT molecular complexity index is 1440. The molecule has 6 heteroatoms. The van der Waals surface area contributed by atoms with Gasteiger partial charge in [-0.05, 0) is 54.7 Å². The fourth-order valence-corrected chi connectivity index (χ4v) is 5.13. The monoisotopic (exact) mass is 449 g/mol. The first-order valence-electron chi connectivity index (χ1n) is 12.0. The zero-order valence-corrected chi connectivity index (χ0v) is 19.0. The molecule has 1 aliphatic rings. The Kier molecular flexibility index (Phi) is 5.34. The number of carbonyl (C=O) groups excluding carboxylic acids is 1. The average molecular weight is 450 g/mol. The predicted octanol–water partition coefficient (Wildman–Crippen LogP) is 6.68. The van der Waals surface area contributed by atoms with Gasteiger partial charge in [-0.3, -0.25) is 14.9 Å². The number of nitrogens with zero attached hydrogens (tertiary/aromatic N) is 2. The minimum atomic E-state index is 0.0808. The number of aromatic nitrogens is 4. The van der Waals surface area contributed by atoms with Gasteiger partial charge < -0.3 is 10.3 Å². The number of carbonyl (C=O) groups is 1. The van der Waals surface area contributed by atoms with Crippen molar-refractivity contribution in [3.05, 3.63) is 67.0 Å². The molecule has 0 spiro atoms. The lowest BCUT2D eigenvalue weighted by atomic mass is 9.87. The molecule has 0 unspecified atom stereocenters. The third kappa shape index (κ3) is 4.07. The Morgan fingerprint density at radius 3 is 2.71 bits per heavy atom. The molecule has 3 aromatic heterocycles. The predicted molar refractivity (Wildman–Crippen MR) is 136 cm³/mol. The van der Waals surface area contributed by atoms with Crippen LogP contribution in [0.1, 0.15) is 38.5 Å². The van der Waals surface area contributed by atoms with Gasteiger partial charge in [0.15, 0.2) is 0 Å². The highest BCUT2D eigenvalue weighted by atomic mass is 16.1. The molecule has 3 heterocycles. The molecule has 1 saturated carbocycles. The maximum absolute atomic E-state index is 12.6. The molecule has 6 rings (SSSR count). The van der Waals surface area contributed by atoms with Crippen LogP contribution in [0, 0.1) is 5.92 Å². The van der Waals surface area contributed by atoms with E-state index in [1.807, 2.05) is 30.5 Å². The number of aromatic amines is 2. The lowest BCUT2D eigenvalue weighted by Gasteiger charge is -2.20. The highest BCUT2D eigenvalue weighted by molar-refractivity contribution is 5.98. The summed E-state index contributed by atoms with van der Waals surface area (Å²) in [6.45, 7) is 0. The quantitative estimate of drug-likeness (QED) is 0.280. The summed E-state index contributed by atoms with van der Waals surface area (Å²) in [5.41, 5.74) is 6.65. The number of pyridine rings is 1. The van der Waals surface area contributed by atoms with Crippen LogP contribution in [-0.4, -0.2) is 26.1 Å². The molecule has 5 aromatic rings. The van der Waals surface area contributed by atoms with Crippen LogP contribution in [0.5, 0.6) is 0 Å². The molecule has 0 atom stereocenters. The molecule has 170 valence electrons. The van der Waals surface area contributed by atoms with E-state index in [0.717, 1.165) is 62.8 Å². The van der Waals surface area contributed by atoms with Gasteiger partial charge in [0, 0.05) is 34.5 Å². The van der Waals surface area contributed by atoms with Crippen LogP contribution in [0.3, 0.4) is 0 Å². The molecule has 0 saturated heterocycles. The zero-order valence-electron chi connectivity index (χ0n) is 19.0. The maximum Gasteiger partial charge on any atom is 0.224 e. The smallest absolute Gasteiger partial charge is 0.224 e. The van der Waals surface area contributed by atoms with E-state index in [2.05, 4.69) is 55.8 Å². The molecule has 1 amide bonds. The number of fused-ring (bicyclic) bond motifs is 2. The fourth-order valence-electron chi connectivity index (χ4n) is 5.13. The molecule has 2 aromatic carbocycles. The average Bonchev–Trinajstić information content (AvgIpc) is 3.48. The first kappa shape index (κ1) is 20.7. The number of hydrogen-bond acceptors (Lipinski definition) is 3. The summed E-state index contributed by atoms with van der Waals surface area (Å²) in [4.78, 5) is 20.5. The molecule has 0 aliphatic heterocycles. The second-order valence-electron chi connectivity index (χ2n) is 9.32. The van der Waals surface area contributed by atoms with Gasteiger partial charge >= 0.3 is 0 Å². The van der Waals surface area contributed by atoms with Crippen LogP contribution >= 0.6 is 0 Å². The van der Waals surface area contributed by atoms with E-state index in [9.17, 15) is 4.79 Å². The molecule has 0 radical (unpaired) electrons. The summed E-state index contributed by atoms with van der Waals surface area (Å²) in [6.07, 6.45) is 10.3. The van der Waals surface area contributed by atoms with Crippen molar-refractivity contribution in [3.8, 4) is 22.5 Å². The first-order valence-corrected chi connectivity index (χ1v) is 12.0. The second-order valence-corrected chi connectivity index (χ2v) is 9.32. The fraction of sp³-hybridized carbons (Fsp3) is 0.250. The lowest BCUT2D eigenvalue weighted by Crippen LogP contribution is -2.18. The summed E-state index contributed by atoms with van der Waals surface area (Å²) >= 11 is 0. The summed E-state index contributed by atoms with van der Waals surface area (Å²) in [6, 6.07) is 18.6. The molecule has 1 fully saturated rings. The number of hydrogen-bond donors (Lipinski definition) is 3. The van der Waals surface area contributed by atoms with Gasteiger partial charge in [0.2, 0.25) is 5.91 Å². The highest BCUT2D eigenvalue weighted by Crippen LogP contribution is 2.32. The van der Waals surface area contributed by atoms with Crippen molar-refractivity contribution in [1.29, 1.82) is 0 Å². The minimum Gasteiger partial charge on any atom is -0.353 e. The molecule has 34 heavy (non-hydrogen) atoms. The van der Waals surface area contributed by atoms with Crippen LogP contribution < -0.4 is 5.32 Å². The van der Waals surface area contributed by atoms with Crippen molar-refractivity contribution in [1.82, 2.24) is 20.2 Å². The summed E-state index contributed by atoms with van der Waals surface area (Å²) in [5.74, 6) is 0.591. The number of anilines is 1. The molecular weight excluding hydrogens is 422 g/mol.